The highest BCUT2D eigenvalue weighted by molar-refractivity contribution is 5.85. The number of rotatable bonds is 4. The average molecular weight is 287 g/mol. The Bertz CT molecular complexity index is 422. The first-order valence-electron chi connectivity index (χ1n) is 6.26. The molecule has 1 aliphatic heterocycles. The van der Waals surface area contributed by atoms with Crippen LogP contribution in [0.5, 0.6) is 5.75 Å². The molecule has 1 fully saturated rings. The molecule has 0 amide bonds. The fraction of sp³-hybridized carbons (Fsp3) is 0.429. The average Bonchev–Trinajstić information content (AvgIpc) is 2.38. The minimum atomic E-state index is -0.347. The van der Waals surface area contributed by atoms with E-state index in [0.717, 1.165) is 26.2 Å². The maximum absolute atomic E-state index is 13.9. The highest BCUT2D eigenvalue weighted by Crippen LogP contribution is 2.29. The van der Waals surface area contributed by atoms with Gasteiger partial charge in [-0.05, 0) is 12.5 Å². The molecular weight excluding hydrogens is 267 g/mol. The minimum Gasteiger partial charge on any atom is -0.508 e. The SMILES string of the molecule is C=CC[C@@H](c1ccc(O)cc1F)N1CCNCC1.Cl. The summed E-state index contributed by atoms with van der Waals surface area (Å²) >= 11 is 0. The molecule has 1 aromatic carbocycles. The first kappa shape index (κ1) is 16.0. The van der Waals surface area contributed by atoms with Gasteiger partial charge in [0.25, 0.3) is 0 Å². The zero-order valence-corrected chi connectivity index (χ0v) is 11.6. The van der Waals surface area contributed by atoms with Crippen LogP contribution in [-0.4, -0.2) is 36.2 Å². The van der Waals surface area contributed by atoms with E-state index in [0.29, 0.717) is 12.0 Å². The van der Waals surface area contributed by atoms with Crippen molar-refractivity contribution in [3.05, 3.63) is 42.2 Å². The third-order valence-electron chi connectivity index (χ3n) is 3.33. The second kappa shape index (κ2) is 7.48. The van der Waals surface area contributed by atoms with E-state index in [4.69, 9.17) is 0 Å². The van der Waals surface area contributed by atoms with Crippen molar-refractivity contribution in [3.8, 4) is 5.75 Å². The number of hydrogen-bond donors (Lipinski definition) is 2. The van der Waals surface area contributed by atoms with Crippen LogP contribution < -0.4 is 5.32 Å². The van der Waals surface area contributed by atoms with Gasteiger partial charge in [0.1, 0.15) is 11.6 Å². The highest BCUT2D eigenvalue weighted by atomic mass is 35.5. The van der Waals surface area contributed by atoms with Gasteiger partial charge < -0.3 is 10.4 Å². The number of halogens is 2. The molecule has 1 atom stereocenters. The van der Waals surface area contributed by atoms with Crippen LogP contribution in [0.25, 0.3) is 0 Å². The van der Waals surface area contributed by atoms with Crippen molar-refractivity contribution in [2.45, 2.75) is 12.5 Å². The third-order valence-corrected chi connectivity index (χ3v) is 3.33. The lowest BCUT2D eigenvalue weighted by molar-refractivity contribution is 0.171. The number of piperazine rings is 1. The summed E-state index contributed by atoms with van der Waals surface area (Å²) in [5.74, 6) is -0.380. The van der Waals surface area contributed by atoms with Crippen molar-refractivity contribution < 1.29 is 9.50 Å². The van der Waals surface area contributed by atoms with Gasteiger partial charge in [-0.1, -0.05) is 12.1 Å². The molecule has 3 nitrogen and oxygen atoms in total. The summed E-state index contributed by atoms with van der Waals surface area (Å²) in [6, 6.07) is 4.38. The van der Waals surface area contributed by atoms with E-state index in [1.807, 2.05) is 6.08 Å². The molecule has 0 radical (unpaired) electrons. The molecule has 0 saturated carbocycles. The molecule has 1 aromatic rings. The Morgan fingerprint density at radius 3 is 2.68 bits per heavy atom. The molecule has 2 rings (SSSR count). The topological polar surface area (TPSA) is 35.5 Å². The summed E-state index contributed by atoms with van der Waals surface area (Å²) in [6.07, 6.45) is 2.53. The zero-order chi connectivity index (χ0) is 13.0. The summed E-state index contributed by atoms with van der Waals surface area (Å²) in [5, 5.41) is 12.6. The van der Waals surface area contributed by atoms with Gasteiger partial charge in [-0.2, -0.15) is 0 Å². The van der Waals surface area contributed by atoms with Gasteiger partial charge in [0.15, 0.2) is 0 Å². The number of benzene rings is 1. The van der Waals surface area contributed by atoms with E-state index < -0.39 is 0 Å². The molecule has 0 bridgehead atoms. The molecule has 0 spiro atoms. The maximum Gasteiger partial charge on any atom is 0.131 e. The molecule has 1 saturated heterocycles. The summed E-state index contributed by atoms with van der Waals surface area (Å²) in [7, 11) is 0. The molecule has 5 heteroatoms. The molecule has 2 N–H and O–H groups in total. The highest BCUT2D eigenvalue weighted by Gasteiger charge is 2.23. The fourth-order valence-electron chi connectivity index (χ4n) is 2.41. The van der Waals surface area contributed by atoms with Crippen molar-refractivity contribution in [2.24, 2.45) is 0 Å². The second-order valence-electron chi connectivity index (χ2n) is 4.53. The van der Waals surface area contributed by atoms with E-state index in [1.165, 1.54) is 12.1 Å². The fourth-order valence-corrected chi connectivity index (χ4v) is 2.41. The standard InChI is InChI=1S/C14H19FN2O.ClH/c1-2-3-14(17-8-6-16-7-9-17)12-5-4-11(18)10-13(12)15;/h2,4-5,10,14,16,18H,1,3,6-9H2;1H/t14-;/m0./s1. The van der Waals surface area contributed by atoms with Gasteiger partial charge >= 0.3 is 0 Å². The molecule has 1 heterocycles. The predicted molar refractivity (Wildman–Crippen MR) is 77.3 cm³/mol. The third kappa shape index (κ3) is 3.93. The Morgan fingerprint density at radius 2 is 2.11 bits per heavy atom. The van der Waals surface area contributed by atoms with Gasteiger partial charge in [0.05, 0.1) is 0 Å². The largest absolute Gasteiger partial charge is 0.508 e. The van der Waals surface area contributed by atoms with Gasteiger partial charge in [-0.25, -0.2) is 4.39 Å². The first-order chi connectivity index (χ1) is 8.72. The first-order valence-corrected chi connectivity index (χ1v) is 6.26. The van der Waals surface area contributed by atoms with Crippen molar-refractivity contribution in [1.82, 2.24) is 10.2 Å². The molecule has 0 aromatic heterocycles. The van der Waals surface area contributed by atoms with E-state index in [2.05, 4.69) is 16.8 Å². The van der Waals surface area contributed by atoms with Crippen molar-refractivity contribution in [2.75, 3.05) is 26.2 Å². The number of hydrogen-bond acceptors (Lipinski definition) is 3. The van der Waals surface area contributed by atoms with Crippen LogP contribution in [0, 0.1) is 5.82 Å². The van der Waals surface area contributed by atoms with Gasteiger partial charge in [-0.3, -0.25) is 4.90 Å². The van der Waals surface area contributed by atoms with Crippen LogP contribution in [-0.2, 0) is 0 Å². The van der Waals surface area contributed by atoms with Crippen molar-refractivity contribution in [1.29, 1.82) is 0 Å². The lowest BCUT2D eigenvalue weighted by Gasteiger charge is -2.35. The predicted octanol–water partition coefficient (Wildman–Crippen LogP) is 2.48. The summed E-state index contributed by atoms with van der Waals surface area (Å²) < 4.78 is 13.9. The molecule has 0 aliphatic carbocycles. The molecule has 1 aliphatic rings. The smallest absolute Gasteiger partial charge is 0.131 e. The lowest BCUT2D eigenvalue weighted by atomic mass is 10.0. The maximum atomic E-state index is 13.9. The van der Waals surface area contributed by atoms with E-state index in [9.17, 15) is 9.50 Å². The normalized spacial score (nSPS) is 17.5. The van der Waals surface area contributed by atoms with Crippen LogP contribution in [0.3, 0.4) is 0 Å². The van der Waals surface area contributed by atoms with Crippen LogP contribution in [0.4, 0.5) is 4.39 Å². The van der Waals surface area contributed by atoms with Crippen LogP contribution in [0.2, 0.25) is 0 Å². The lowest BCUT2D eigenvalue weighted by Crippen LogP contribution is -2.45. The van der Waals surface area contributed by atoms with E-state index in [-0.39, 0.29) is 30.0 Å². The second-order valence-corrected chi connectivity index (χ2v) is 4.53. The summed E-state index contributed by atoms with van der Waals surface area (Å²) in [6.45, 7) is 7.41. The van der Waals surface area contributed by atoms with Crippen molar-refractivity contribution >= 4 is 12.4 Å². The zero-order valence-electron chi connectivity index (χ0n) is 10.8. The van der Waals surface area contributed by atoms with Crippen molar-refractivity contribution in [3.63, 3.8) is 0 Å². The number of phenols is 1. The molecular formula is C14H20ClFN2O. The van der Waals surface area contributed by atoms with Gasteiger partial charge in [-0.15, -0.1) is 19.0 Å². The van der Waals surface area contributed by atoms with Crippen LogP contribution >= 0.6 is 12.4 Å². The van der Waals surface area contributed by atoms with Gasteiger partial charge in [0.2, 0.25) is 0 Å². The quantitative estimate of drug-likeness (QED) is 0.835. The Balaban J connectivity index is 0.00000180. The Kier molecular flexibility index (Phi) is 6.28. The Morgan fingerprint density at radius 1 is 1.42 bits per heavy atom. The molecule has 106 valence electrons. The van der Waals surface area contributed by atoms with Gasteiger partial charge in [0, 0.05) is 43.9 Å². The molecule has 0 unspecified atom stereocenters. The molecule has 19 heavy (non-hydrogen) atoms. The minimum absolute atomic E-state index is 0. The number of aromatic hydroxyl groups is 1. The van der Waals surface area contributed by atoms with E-state index >= 15 is 0 Å². The summed E-state index contributed by atoms with van der Waals surface area (Å²) in [4.78, 5) is 2.26. The van der Waals surface area contributed by atoms with Crippen LogP contribution in [0.1, 0.15) is 18.0 Å². The summed E-state index contributed by atoms with van der Waals surface area (Å²) in [5.41, 5.74) is 0.634. The Hall–Kier alpha value is -1.10. The monoisotopic (exact) mass is 286 g/mol. The number of phenolic OH excluding ortho intramolecular Hbond substituents is 1. The number of nitrogens with one attached hydrogen (secondary N) is 1. The number of nitrogens with zero attached hydrogens (tertiary/aromatic N) is 1. The van der Waals surface area contributed by atoms with Crippen LogP contribution in [0.15, 0.2) is 30.9 Å². The van der Waals surface area contributed by atoms with E-state index in [1.54, 1.807) is 6.07 Å². The Labute approximate surface area is 119 Å².